The fraction of sp³-hybridized carbons (Fsp3) is 0.333. The first-order valence-electron chi connectivity index (χ1n) is 9.71. The van der Waals surface area contributed by atoms with E-state index in [1.807, 2.05) is 11.3 Å². The summed E-state index contributed by atoms with van der Waals surface area (Å²) in [6.07, 6.45) is 5.97. The molecule has 0 spiro atoms. The van der Waals surface area contributed by atoms with Gasteiger partial charge in [-0.3, -0.25) is 0 Å². The lowest BCUT2D eigenvalue weighted by atomic mass is 9.82. The molecule has 1 aliphatic heterocycles. The van der Waals surface area contributed by atoms with E-state index in [2.05, 4.69) is 54.8 Å². The molecule has 2 aromatic carbocycles. The Morgan fingerprint density at radius 1 is 1.00 bits per heavy atom. The number of thiophene rings is 1. The highest BCUT2D eigenvalue weighted by atomic mass is 32.1. The minimum absolute atomic E-state index is 0.699. The second-order valence-corrected chi connectivity index (χ2v) is 8.72. The summed E-state index contributed by atoms with van der Waals surface area (Å²) in [5.74, 6) is 1.77. The van der Waals surface area contributed by atoms with Crippen molar-refractivity contribution in [1.82, 2.24) is 0 Å². The maximum atomic E-state index is 5.62. The van der Waals surface area contributed by atoms with Gasteiger partial charge in [0.25, 0.3) is 0 Å². The summed E-state index contributed by atoms with van der Waals surface area (Å²) >= 11 is 1.88. The quantitative estimate of drug-likeness (QED) is 0.526. The molecule has 5 rings (SSSR count). The summed E-state index contributed by atoms with van der Waals surface area (Å²) in [7, 11) is 0. The van der Waals surface area contributed by atoms with Gasteiger partial charge in [-0.2, -0.15) is 0 Å². The summed E-state index contributed by atoms with van der Waals surface area (Å²) in [5.41, 5.74) is 8.63. The van der Waals surface area contributed by atoms with Gasteiger partial charge in [0.1, 0.15) is 5.75 Å². The molecule has 1 nitrogen and oxygen atoms in total. The largest absolute Gasteiger partial charge is 0.493 e. The molecule has 1 atom stereocenters. The van der Waals surface area contributed by atoms with E-state index in [0.717, 1.165) is 25.2 Å². The van der Waals surface area contributed by atoms with Gasteiger partial charge < -0.3 is 4.74 Å². The van der Waals surface area contributed by atoms with E-state index < -0.39 is 0 Å². The van der Waals surface area contributed by atoms with Crippen LogP contribution < -0.4 is 4.74 Å². The van der Waals surface area contributed by atoms with Crippen LogP contribution in [0.5, 0.6) is 5.75 Å². The maximum absolute atomic E-state index is 5.62. The molecule has 0 saturated heterocycles. The third-order valence-electron chi connectivity index (χ3n) is 5.88. The Hall–Kier alpha value is -2.06. The average Bonchev–Trinajstić information content (AvgIpc) is 3.31. The van der Waals surface area contributed by atoms with Crippen molar-refractivity contribution in [2.75, 3.05) is 6.61 Å². The lowest BCUT2D eigenvalue weighted by Crippen LogP contribution is -2.06. The summed E-state index contributed by atoms with van der Waals surface area (Å²) in [4.78, 5) is 1.43. The van der Waals surface area contributed by atoms with Crippen molar-refractivity contribution < 1.29 is 4.74 Å². The van der Waals surface area contributed by atoms with E-state index in [9.17, 15) is 0 Å². The van der Waals surface area contributed by atoms with Crippen LogP contribution in [0.3, 0.4) is 0 Å². The molecule has 0 saturated carbocycles. The second-order valence-electron chi connectivity index (χ2n) is 7.73. The van der Waals surface area contributed by atoms with Gasteiger partial charge in [-0.05, 0) is 76.1 Å². The van der Waals surface area contributed by atoms with Gasteiger partial charge in [-0.15, -0.1) is 11.3 Å². The van der Waals surface area contributed by atoms with Gasteiger partial charge in [0, 0.05) is 17.7 Å². The Bertz CT molecular complexity index is 953. The van der Waals surface area contributed by atoms with Crippen LogP contribution in [-0.4, -0.2) is 6.61 Å². The van der Waals surface area contributed by atoms with E-state index in [0.29, 0.717) is 5.92 Å². The first-order valence-corrected chi connectivity index (χ1v) is 10.6. The van der Waals surface area contributed by atoms with Crippen LogP contribution in [0.15, 0.2) is 47.8 Å². The monoisotopic (exact) mass is 360 g/mol. The summed E-state index contributed by atoms with van der Waals surface area (Å²) in [5, 5.41) is 2.32. The molecule has 2 heteroatoms. The number of fused-ring (bicyclic) bond motifs is 2. The first-order chi connectivity index (χ1) is 12.8. The predicted molar refractivity (Wildman–Crippen MR) is 110 cm³/mol. The smallest absolute Gasteiger partial charge is 0.122 e. The van der Waals surface area contributed by atoms with Crippen LogP contribution in [0.25, 0.3) is 11.1 Å². The predicted octanol–water partition coefficient (Wildman–Crippen LogP) is 6.38. The summed E-state index contributed by atoms with van der Waals surface area (Å²) in [6, 6.07) is 16.2. The number of aryl methyl sites for hydroxylation is 1. The zero-order valence-corrected chi connectivity index (χ0v) is 16.1. The zero-order chi connectivity index (χ0) is 17.5. The van der Waals surface area contributed by atoms with Crippen LogP contribution in [0.1, 0.15) is 52.8 Å². The molecule has 0 amide bonds. The molecular weight excluding hydrogens is 336 g/mol. The van der Waals surface area contributed by atoms with Crippen LogP contribution in [0.2, 0.25) is 0 Å². The molecule has 0 radical (unpaired) electrons. The highest BCUT2D eigenvalue weighted by Gasteiger charge is 2.17. The average molecular weight is 361 g/mol. The Balaban J connectivity index is 1.39. The Morgan fingerprint density at radius 3 is 2.92 bits per heavy atom. The van der Waals surface area contributed by atoms with Crippen molar-refractivity contribution in [1.29, 1.82) is 0 Å². The SMILES string of the molecule is CC1CCCc2ccc(-c3csc(Cc4ccc5c(c4)CCO5)c3)cc21. The van der Waals surface area contributed by atoms with E-state index in [1.165, 1.54) is 46.4 Å². The number of rotatable bonds is 3. The highest BCUT2D eigenvalue weighted by Crippen LogP contribution is 2.36. The van der Waals surface area contributed by atoms with E-state index in [1.54, 1.807) is 11.1 Å². The Morgan fingerprint density at radius 2 is 1.96 bits per heavy atom. The van der Waals surface area contributed by atoms with Crippen LogP contribution in [-0.2, 0) is 19.3 Å². The third-order valence-corrected chi connectivity index (χ3v) is 6.82. The van der Waals surface area contributed by atoms with Gasteiger partial charge in [0.2, 0.25) is 0 Å². The van der Waals surface area contributed by atoms with Gasteiger partial charge in [-0.1, -0.05) is 37.3 Å². The normalized spacial score (nSPS) is 18.3. The molecule has 1 unspecified atom stereocenters. The minimum Gasteiger partial charge on any atom is -0.493 e. The van der Waals surface area contributed by atoms with Crippen molar-refractivity contribution in [2.24, 2.45) is 0 Å². The fourth-order valence-corrected chi connectivity index (χ4v) is 5.32. The van der Waals surface area contributed by atoms with Crippen molar-refractivity contribution >= 4 is 11.3 Å². The van der Waals surface area contributed by atoms with Crippen LogP contribution in [0.4, 0.5) is 0 Å². The lowest BCUT2D eigenvalue weighted by molar-refractivity contribution is 0.357. The number of hydrogen-bond donors (Lipinski definition) is 0. The Labute approximate surface area is 159 Å². The Kier molecular flexibility index (Phi) is 4.09. The highest BCUT2D eigenvalue weighted by molar-refractivity contribution is 7.10. The lowest BCUT2D eigenvalue weighted by Gasteiger charge is -2.22. The molecule has 0 fully saturated rings. The molecule has 0 bridgehead atoms. The molecule has 1 aromatic heterocycles. The van der Waals surface area contributed by atoms with Crippen molar-refractivity contribution in [3.8, 4) is 16.9 Å². The standard InChI is InChI=1S/C24H24OS/c1-16-3-2-4-18-6-7-19(14-23(16)18)21-13-22(26-15-21)12-17-5-8-24-20(11-17)9-10-25-24/h5-8,11,13-16H,2-4,9-10,12H2,1H3. The van der Waals surface area contributed by atoms with Crippen molar-refractivity contribution in [2.45, 2.75) is 44.9 Å². The molecule has 132 valence electrons. The van der Waals surface area contributed by atoms with Gasteiger partial charge in [0.15, 0.2) is 0 Å². The molecule has 3 aromatic rings. The number of ether oxygens (including phenoxy) is 1. The first kappa shape index (κ1) is 16.1. The van der Waals surface area contributed by atoms with Gasteiger partial charge in [-0.25, -0.2) is 0 Å². The summed E-state index contributed by atoms with van der Waals surface area (Å²) in [6.45, 7) is 3.21. The zero-order valence-electron chi connectivity index (χ0n) is 15.3. The molecule has 1 aliphatic carbocycles. The second kappa shape index (κ2) is 6.59. The number of hydrogen-bond acceptors (Lipinski definition) is 2. The molecule has 26 heavy (non-hydrogen) atoms. The van der Waals surface area contributed by atoms with Crippen molar-refractivity contribution in [3.05, 3.63) is 75.0 Å². The summed E-state index contributed by atoms with van der Waals surface area (Å²) < 4.78 is 5.62. The van der Waals surface area contributed by atoms with E-state index >= 15 is 0 Å². The molecule has 0 N–H and O–H groups in total. The molecular formula is C24H24OS. The van der Waals surface area contributed by atoms with Crippen LogP contribution >= 0.6 is 11.3 Å². The minimum atomic E-state index is 0.699. The van der Waals surface area contributed by atoms with E-state index in [-0.39, 0.29) is 0 Å². The maximum Gasteiger partial charge on any atom is 0.122 e. The van der Waals surface area contributed by atoms with Gasteiger partial charge >= 0.3 is 0 Å². The molecule has 2 aliphatic rings. The fourth-order valence-electron chi connectivity index (χ4n) is 4.39. The van der Waals surface area contributed by atoms with Crippen LogP contribution in [0, 0.1) is 0 Å². The van der Waals surface area contributed by atoms with Crippen molar-refractivity contribution in [3.63, 3.8) is 0 Å². The topological polar surface area (TPSA) is 9.23 Å². The van der Waals surface area contributed by atoms with E-state index in [4.69, 9.17) is 4.74 Å². The molecule has 2 heterocycles. The van der Waals surface area contributed by atoms with Gasteiger partial charge in [0.05, 0.1) is 6.61 Å². The third kappa shape index (κ3) is 2.97. The number of benzene rings is 2.